The number of thiocarbonyl (C=S) groups is 1. The highest BCUT2D eigenvalue weighted by molar-refractivity contribution is 7.80. The molecular weight excluding hydrogens is 232 g/mol. The maximum Gasteiger partial charge on any atom is 0.173 e. The highest BCUT2D eigenvalue weighted by Gasteiger charge is 2.23. The molecule has 0 bridgehead atoms. The van der Waals surface area contributed by atoms with Crippen LogP contribution in [0.5, 0.6) is 0 Å². The Balaban J connectivity index is 1.99. The van der Waals surface area contributed by atoms with E-state index in [2.05, 4.69) is 10.2 Å². The predicted molar refractivity (Wildman–Crippen MR) is 74.1 cm³/mol. The minimum atomic E-state index is 0.174. The van der Waals surface area contributed by atoms with Crippen molar-refractivity contribution in [3.63, 3.8) is 0 Å². The predicted octanol–water partition coefficient (Wildman–Crippen LogP) is 2.23. The average Bonchev–Trinajstić information content (AvgIpc) is 2.40. The van der Waals surface area contributed by atoms with Crippen LogP contribution in [-0.2, 0) is 0 Å². The summed E-state index contributed by atoms with van der Waals surface area (Å²) in [6, 6.07) is 10.1. The Labute approximate surface area is 107 Å². The van der Waals surface area contributed by atoms with Crippen LogP contribution in [0.3, 0.4) is 0 Å². The number of aliphatic hydroxyl groups excluding tert-OH is 1. The van der Waals surface area contributed by atoms with E-state index in [0.717, 1.165) is 30.2 Å². The number of rotatable bonds is 2. The number of nitrogens with zero attached hydrogens (tertiary/aromatic N) is 1. The Morgan fingerprint density at radius 3 is 2.82 bits per heavy atom. The SMILES string of the molecule is OCC1CCCCN1C(=S)Nc1ccccc1. The van der Waals surface area contributed by atoms with Crippen molar-refractivity contribution in [2.75, 3.05) is 18.5 Å². The summed E-state index contributed by atoms with van der Waals surface area (Å²) in [6.07, 6.45) is 3.34. The molecule has 1 aliphatic rings. The van der Waals surface area contributed by atoms with Crippen molar-refractivity contribution in [1.29, 1.82) is 0 Å². The Morgan fingerprint density at radius 2 is 2.12 bits per heavy atom. The van der Waals surface area contributed by atoms with E-state index in [1.807, 2.05) is 30.3 Å². The number of hydrogen-bond acceptors (Lipinski definition) is 2. The summed E-state index contributed by atoms with van der Waals surface area (Å²) in [7, 11) is 0. The number of aliphatic hydroxyl groups is 1. The molecule has 92 valence electrons. The standard InChI is InChI=1S/C13H18N2OS/c16-10-12-8-4-5-9-15(12)13(17)14-11-6-2-1-3-7-11/h1-3,6-7,12,16H,4-5,8-10H2,(H,14,17). The van der Waals surface area contributed by atoms with Gasteiger partial charge in [0.2, 0.25) is 0 Å². The zero-order chi connectivity index (χ0) is 12.1. The molecule has 0 spiro atoms. The Morgan fingerprint density at radius 1 is 1.35 bits per heavy atom. The molecule has 1 aromatic carbocycles. The van der Waals surface area contributed by atoms with Crippen molar-refractivity contribution < 1.29 is 5.11 Å². The molecule has 0 amide bonds. The summed E-state index contributed by atoms with van der Waals surface area (Å²) in [4.78, 5) is 2.10. The van der Waals surface area contributed by atoms with Gasteiger partial charge in [0.1, 0.15) is 0 Å². The molecule has 0 radical (unpaired) electrons. The Hall–Kier alpha value is -1.13. The lowest BCUT2D eigenvalue weighted by Crippen LogP contribution is -2.47. The molecule has 1 unspecified atom stereocenters. The second-order valence-electron chi connectivity index (χ2n) is 4.32. The van der Waals surface area contributed by atoms with Gasteiger partial charge in [-0.15, -0.1) is 0 Å². The van der Waals surface area contributed by atoms with Crippen LogP contribution in [0.25, 0.3) is 0 Å². The number of anilines is 1. The molecule has 0 saturated carbocycles. The van der Waals surface area contributed by atoms with Crippen molar-refractivity contribution >= 4 is 23.0 Å². The average molecular weight is 250 g/mol. The molecule has 1 aliphatic heterocycles. The van der Waals surface area contributed by atoms with Crippen LogP contribution in [-0.4, -0.2) is 34.3 Å². The van der Waals surface area contributed by atoms with Gasteiger partial charge in [-0.2, -0.15) is 0 Å². The molecule has 1 heterocycles. The van der Waals surface area contributed by atoms with Gasteiger partial charge in [0.05, 0.1) is 12.6 Å². The molecule has 1 saturated heterocycles. The monoisotopic (exact) mass is 250 g/mol. The van der Waals surface area contributed by atoms with Gasteiger partial charge in [-0.3, -0.25) is 0 Å². The van der Waals surface area contributed by atoms with Gasteiger partial charge < -0.3 is 15.3 Å². The molecular formula is C13H18N2OS. The fourth-order valence-corrected chi connectivity index (χ4v) is 2.53. The zero-order valence-electron chi connectivity index (χ0n) is 9.80. The fourth-order valence-electron chi connectivity index (χ4n) is 2.17. The number of piperidine rings is 1. The van der Waals surface area contributed by atoms with Crippen molar-refractivity contribution in [3.05, 3.63) is 30.3 Å². The van der Waals surface area contributed by atoms with Gasteiger partial charge in [0.25, 0.3) is 0 Å². The van der Waals surface area contributed by atoms with Gasteiger partial charge in [-0.25, -0.2) is 0 Å². The molecule has 4 heteroatoms. The number of hydrogen-bond donors (Lipinski definition) is 2. The van der Waals surface area contributed by atoms with E-state index in [4.69, 9.17) is 12.2 Å². The van der Waals surface area contributed by atoms with Crippen LogP contribution in [0.4, 0.5) is 5.69 Å². The lowest BCUT2D eigenvalue weighted by Gasteiger charge is -2.36. The third kappa shape index (κ3) is 3.17. The molecule has 2 N–H and O–H groups in total. The zero-order valence-corrected chi connectivity index (χ0v) is 10.6. The molecule has 1 fully saturated rings. The smallest absolute Gasteiger partial charge is 0.173 e. The second kappa shape index (κ2) is 5.98. The number of likely N-dealkylation sites (tertiary alicyclic amines) is 1. The van der Waals surface area contributed by atoms with E-state index in [9.17, 15) is 5.11 Å². The third-order valence-corrected chi connectivity index (χ3v) is 3.46. The van der Waals surface area contributed by atoms with Crippen LogP contribution in [0.2, 0.25) is 0 Å². The van der Waals surface area contributed by atoms with E-state index < -0.39 is 0 Å². The lowest BCUT2D eigenvalue weighted by molar-refractivity contribution is 0.149. The normalized spacial score (nSPS) is 20.1. The van der Waals surface area contributed by atoms with Crippen molar-refractivity contribution in [1.82, 2.24) is 4.90 Å². The highest BCUT2D eigenvalue weighted by atomic mass is 32.1. The second-order valence-corrected chi connectivity index (χ2v) is 4.71. The van der Waals surface area contributed by atoms with Crippen molar-refractivity contribution in [3.8, 4) is 0 Å². The molecule has 1 atom stereocenters. The number of para-hydroxylation sites is 1. The van der Waals surface area contributed by atoms with E-state index in [-0.39, 0.29) is 12.6 Å². The fraction of sp³-hybridized carbons (Fsp3) is 0.462. The van der Waals surface area contributed by atoms with Gasteiger partial charge >= 0.3 is 0 Å². The molecule has 1 aromatic rings. The first-order chi connectivity index (χ1) is 8.31. The Bertz CT molecular complexity index is 369. The summed E-state index contributed by atoms with van der Waals surface area (Å²) in [6.45, 7) is 1.11. The topological polar surface area (TPSA) is 35.5 Å². The summed E-state index contributed by atoms with van der Waals surface area (Å²) in [5.41, 5.74) is 1.000. The quantitative estimate of drug-likeness (QED) is 0.789. The van der Waals surface area contributed by atoms with E-state index >= 15 is 0 Å². The van der Waals surface area contributed by atoms with Crippen LogP contribution in [0, 0.1) is 0 Å². The molecule has 2 rings (SSSR count). The van der Waals surface area contributed by atoms with Gasteiger partial charge in [0.15, 0.2) is 5.11 Å². The van der Waals surface area contributed by atoms with E-state index in [1.54, 1.807) is 0 Å². The molecule has 3 nitrogen and oxygen atoms in total. The minimum absolute atomic E-state index is 0.174. The first kappa shape index (κ1) is 12.3. The maximum atomic E-state index is 9.35. The summed E-state index contributed by atoms with van der Waals surface area (Å²) in [5.74, 6) is 0. The van der Waals surface area contributed by atoms with Crippen LogP contribution in [0.1, 0.15) is 19.3 Å². The molecule has 17 heavy (non-hydrogen) atoms. The summed E-state index contributed by atoms with van der Waals surface area (Å²) >= 11 is 5.40. The first-order valence-corrected chi connectivity index (χ1v) is 6.45. The third-order valence-electron chi connectivity index (χ3n) is 3.12. The van der Waals surface area contributed by atoms with E-state index in [0.29, 0.717) is 0 Å². The van der Waals surface area contributed by atoms with E-state index in [1.165, 1.54) is 6.42 Å². The van der Waals surface area contributed by atoms with Crippen LogP contribution < -0.4 is 5.32 Å². The largest absolute Gasteiger partial charge is 0.394 e. The highest BCUT2D eigenvalue weighted by Crippen LogP contribution is 2.18. The molecule has 0 aliphatic carbocycles. The van der Waals surface area contributed by atoms with Gasteiger partial charge in [-0.1, -0.05) is 18.2 Å². The van der Waals surface area contributed by atoms with Crippen molar-refractivity contribution in [2.24, 2.45) is 0 Å². The summed E-state index contributed by atoms with van der Waals surface area (Å²) < 4.78 is 0. The first-order valence-electron chi connectivity index (χ1n) is 6.05. The Kier molecular flexibility index (Phi) is 4.34. The lowest BCUT2D eigenvalue weighted by atomic mass is 10.0. The van der Waals surface area contributed by atoms with Crippen LogP contribution >= 0.6 is 12.2 Å². The number of benzene rings is 1. The molecule has 0 aromatic heterocycles. The van der Waals surface area contributed by atoms with Crippen molar-refractivity contribution in [2.45, 2.75) is 25.3 Å². The minimum Gasteiger partial charge on any atom is -0.394 e. The van der Waals surface area contributed by atoms with Gasteiger partial charge in [-0.05, 0) is 43.6 Å². The maximum absolute atomic E-state index is 9.35. The van der Waals surface area contributed by atoms with Crippen LogP contribution in [0.15, 0.2) is 30.3 Å². The van der Waals surface area contributed by atoms with Gasteiger partial charge in [0, 0.05) is 12.2 Å². The number of nitrogens with one attached hydrogen (secondary N) is 1. The summed E-state index contributed by atoms with van der Waals surface area (Å²) in [5, 5.41) is 13.3.